The minimum atomic E-state index is -4.10. The molecule has 1 atom stereocenters. The summed E-state index contributed by atoms with van der Waals surface area (Å²) in [5, 5.41) is 34.6. The van der Waals surface area contributed by atoms with Crippen molar-refractivity contribution in [2.45, 2.75) is 18.9 Å². The fourth-order valence-electron chi connectivity index (χ4n) is 1.28. The van der Waals surface area contributed by atoms with Gasteiger partial charge in [0.15, 0.2) is 0 Å². The van der Waals surface area contributed by atoms with Gasteiger partial charge in [-0.05, 0) is 24.6 Å². The summed E-state index contributed by atoms with van der Waals surface area (Å²) in [6, 6.07) is 2.54. The molecule has 0 aliphatic carbocycles. The van der Waals surface area contributed by atoms with Crippen LogP contribution in [0.2, 0.25) is 0 Å². The molecule has 0 heterocycles. The molecule has 1 aromatic rings. The number of benzene rings is 1. The Kier molecular flexibility index (Phi) is 8.00. The van der Waals surface area contributed by atoms with Gasteiger partial charge in [0.1, 0.15) is 17.5 Å². The highest BCUT2D eigenvalue weighted by molar-refractivity contribution is 7.85. The number of carbonyl (C=O) groups is 2. The Morgan fingerprint density at radius 1 is 1.17 bits per heavy atom. The second kappa shape index (κ2) is 8.92. The summed E-state index contributed by atoms with van der Waals surface area (Å²) in [6.45, 7) is 0. The summed E-state index contributed by atoms with van der Waals surface area (Å²) < 4.78 is 28.3. The molecule has 0 bridgehead atoms. The zero-order chi connectivity index (χ0) is 18.2. The Labute approximate surface area is 131 Å². The molecule has 0 fully saturated rings. The van der Waals surface area contributed by atoms with Gasteiger partial charge in [-0.2, -0.15) is 8.42 Å². The molecule has 10 nitrogen and oxygen atoms in total. The van der Waals surface area contributed by atoms with Gasteiger partial charge in [-0.15, -0.1) is 0 Å². The van der Waals surface area contributed by atoms with Crippen LogP contribution in [0.4, 0.5) is 0 Å². The van der Waals surface area contributed by atoms with Crippen LogP contribution in [-0.2, 0) is 26.1 Å². The molecule has 0 aromatic heterocycles. The summed E-state index contributed by atoms with van der Waals surface area (Å²) >= 11 is 0. The van der Waals surface area contributed by atoms with Crippen molar-refractivity contribution in [2.75, 3.05) is 5.75 Å². The maximum atomic E-state index is 10.2. The summed E-state index contributed by atoms with van der Waals surface area (Å²) in [5.74, 6) is -3.12. The van der Waals surface area contributed by atoms with Crippen LogP contribution < -0.4 is 5.73 Å². The standard InChI is InChI=1S/C8H8O4.C4H9NO5S/c9-6-1-2-7(10)5(3-6)4-8(11)12;5-3(4(6)7)1-2-11(8,9)10/h1-3,9-10H,4H2,(H,11,12);3H,1-2,5H2,(H,6,7)(H,8,9,10)/t;3-/m.0/s1. The van der Waals surface area contributed by atoms with E-state index >= 15 is 0 Å². The number of aromatic hydroxyl groups is 2. The number of phenols is 2. The van der Waals surface area contributed by atoms with E-state index in [-0.39, 0.29) is 29.9 Å². The number of phenolic OH excluding ortho intramolecular Hbond substituents is 2. The van der Waals surface area contributed by atoms with Crippen LogP contribution >= 0.6 is 0 Å². The van der Waals surface area contributed by atoms with Crippen molar-refractivity contribution in [3.8, 4) is 11.5 Å². The minimum Gasteiger partial charge on any atom is -0.508 e. The van der Waals surface area contributed by atoms with Gasteiger partial charge in [0.05, 0.1) is 12.2 Å². The number of aliphatic carboxylic acids is 2. The number of carboxylic acid groups (broad SMARTS) is 2. The van der Waals surface area contributed by atoms with Gasteiger partial charge in [-0.3, -0.25) is 14.1 Å². The SMILES string of the molecule is N[C@@H](CCS(=O)(=O)O)C(=O)O.O=C(O)Cc1cc(O)ccc1O. The molecule has 0 saturated carbocycles. The second-order valence-corrected chi connectivity index (χ2v) is 5.98. The fourth-order valence-corrected chi connectivity index (χ4v) is 1.83. The summed E-state index contributed by atoms with van der Waals surface area (Å²) in [7, 11) is -4.10. The van der Waals surface area contributed by atoms with Crippen LogP contribution in [-0.4, -0.2) is 57.1 Å². The minimum absolute atomic E-state index is 0.0518. The van der Waals surface area contributed by atoms with Crippen molar-refractivity contribution in [1.29, 1.82) is 0 Å². The highest BCUT2D eigenvalue weighted by Gasteiger charge is 2.14. The third kappa shape index (κ3) is 10.1. The van der Waals surface area contributed by atoms with Gasteiger partial charge in [-0.1, -0.05) is 0 Å². The lowest BCUT2D eigenvalue weighted by Gasteiger charge is -2.02. The molecule has 1 aromatic carbocycles. The molecule has 0 aliphatic heterocycles. The highest BCUT2D eigenvalue weighted by atomic mass is 32.2. The first kappa shape index (κ1) is 20.6. The fraction of sp³-hybridized carbons (Fsp3) is 0.333. The van der Waals surface area contributed by atoms with E-state index in [0.29, 0.717) is 0 Å². The average Bonchev–Trinajstić information content (AvgIpc) is 2.39. The first-order valence-corrected chi connectivity index (χ1v) is 7.69. The molecule has 0 saturated heterocycles. The first-order valence-electron chi connectivity index (χ1n) is 6.08. The molecule has 0 unspecified atom stereocenters. The maximum Gasteiger partial charge on any atom is 0.320 e. The Morgan fingerprint density at radius 3 is 2.17 bits per heavy atom. The van der Waals surface area contributed by atoms with Crippen LogP contribution in [0.3, 0.4) is 0 Å². The topological polar surface area (TPSA) is 195 Å². The lowest BCUT2D eigenvalue weighted by molar-refractivity contribution is -0.138. The number of rotatable bonds is 6. The van der Waals surface area contributed by atoms with E-state index in [1.807, 2.05) is 0 Å². The molecule has 7 N–H and O–H groups in total. The first-order chi connectivity index (χ1) is 10.4. The van der Waals surface area contributed by atoms with E-state index in [9.17, 15) is 18.0 Å². The van der Waals surface area contributed by atoms with Gasteiger partial charge in [-0.25, -0.2) is 0 Å². The van der Waals surface area contributed by atoms with Crippen LogP contribution in [0.1, 0.15) is 12.0 Å². The van der Waals surface area contributed by atoms with Crippen LogP contribution in [0.15, 0.2) is 18.2 Å². The van der Waals surface area contributed by atoms with E-state index in [0.717, 1.165) is 0 Å². The van der Waals surface area contributed by atoms with Gasteiger partial charge in [0, 0.05) is 5.56 Å². The smallest absolute Gasteiger partial charge is 0.320 e. The van der Waals surface area contributed by atoms with Crippen molar-refractivity contribution in [3.63, 3.8) is 0 Å². The van der Waals surface area contributed by atoms with Crippen molar-refractivity contribution >= 4 is 22.1 Å². The van der Waals surface area contributed by atoms with Gasteiger partial charge < -0.3 is 26.2 Å². The lowest BCUT2D eigenvalue weighted by atomic mass is 10.1. The maximum absolute atomic E-state index is 10.2. The predicted molar refractivity (Wildman–Crippen MR) is 77.8 cm³/mol. The van der Waals surface area contributed by atoms with Crippen LogP contribution in [0, 0.1) is 0 Å². The third-order valence-electron chi connectivity index (χ3n) is 2.41. The molecule has 1 rings (SSSR count). The monoisotopic (exact) mass is 351 g/mol. The molecular formula is C12H17NO9S. The Hall–Kier alpha value is -2.37. The molecule has 130 valence electrons. The average molecular weight is 351 g/mol. The van der Waals surface area contributed by atoms with Gasteiger partial charge in [0.25, 0.3) is 10.1 Å². The molecule has 0 amide bonds. The van der Waals surface area contributed by atoms with E-state index in [1.54, 1.807) is 0 Å². The number of hydrogen-bond acceptors (Lipinski definition) is 7. The van der Waals surface area contributed by atoms with Crippen LogP contribution in [0.25, 0.3) is 0 Å². The van der Waals surface area contributed by atoms with Crippen molar-refractivity contribution < 1.29 is 43.0 Å². The Morgan fingerprint density at radius 2 is 1.74 bits per heavy atom. The van der Waals surface area contributed by atoms with E-state index in [1.165, 1.54) is 18.2 Å². The number of hydrogen-bond donors (Lipinski definition) is 6. The normalized spacial score (nSPS) is 11.9. The largest absolute Gasteiger partial charge is 0.508 e. The zero-order valence-corrected chi connectivity index (χ0v) is 12.6. The van der Waals surface area contributed by atoms with Crippen molar-refractivity contribution in [3.05, 3.63) is 23.8 Å². The lowest BCUT2D eigenvalue weighted by Crippen LogP contribution is -2.32. The molecule has 0 spiro atoms. The van der Waals surface area contributed by atoms with Crippen LogP contribution in [0.5, 0.6) is 11.5 Å². The van der Waals surface area contributed by atoms with Crippen molar-refractivity contribution in [1.82, 2.24) is 0 Å². The van der Waals surface area contributed by atoms with Crippen molar-refractivity contribution in [2.24, 2.45) is 5.73 Å². The van der Waals surface area contributed by atoms with Gasteiger partial charge >= 0.3 is 11.9 Å². The molecule has 0 radical (unpaired) electrons. The molecule has 23 heavy (non-hydrogen) atoms. The second-order valence-electron chi connectivity index (χ2n) is 4.40. The molecular weight excluding hydrogens is 334 g/mol. The third-order valence-corrected chi connectivity index (χ3v) is 3.16. The van der Waals surface area contributed by atoms with Gasteiger partial charge in [0.2, 0.25) is 0 Å². The van der Waals surface area contributed by atoms with E-state index < -0.39 is 33.9 Å². The molecule has 0 aliphatic rings. The summed E-state index contributed by atoms with van der Waals surface area (Å²) in [4.78, 5) is 20.3. The summed E-state index contributed by atoms with van der Waals surface area (Å²) in [6.07, 6.45) is -0.575. The highest BCUT2D eigenvalue weighted by Crippen LogP contribution is 2.22. The zero-order valence-electron chi connectivity index (χ0n) is 11.8. The Bertz CT molecular complexity index is 656. The Balaban J connectivity index is 0.000000423. The van der Waals surface area contributed by atoms with E-state index in [2.05, 4.69) is 0 Å². The quantitative estimate of drug-likeness (QED) is 0.284. The number of carboxylic acids is 2. The summed E-state index contributed by atoms with van der Waals surface area (Å²) in [5.41, 5.74) is 5.16. The molecule has 11 heteroatoms. The van der Waals surface area contributed by atoms with E-state index in [4.69, 9.17) is 30.7 Å². The number of nitrogens with two attached hydrogens (primary N) is 1. The predicted octanol–water partition coefficient (Wildman–Crippen LogP) is -0.599.